The van der Waals surface area contributed by atoms with Crippen LogP contribution in [0.3, 0.4) is 0 Å². The summed E-state index contributed by atoms with van der Waals surface area (Å²) < 4.78 is 5.60. The molecule has 0 amide bonds. The van der Waals surface area contributed by atoms with Crippen LogP contribution in [0.4, 0.5) is 0 Å². The first-order chi connectivity index (χ1) is 7.69. The van der Waals surface area contributed by atoms with Crippen LogP contribution in [-0.4, -0.2) is 12.9 Å². The molecular weight excluding hydrogens is 202 g/mol. The van der Waals surface area contributed by atoms with Gasteiger partial charge in [0.2, 0.25) is 0 Å². The SMILES string of the molecule is Cc1cc(C=O)cc(C)c1OCCCC#N. The molecule has 0 bridgehead atoms. The van der Waals surface area contributed by atoms with E-state index in [0.717, 1.165) is 29.6 Å². The van der Waals surface area contributed by atoms with Crippen molar-refractivity contribution in [3.05, 3.63) is 28.8 Å². The summed E-state index contributed by atoms with van der Waals surface area (Å²) >= 11 is 0. The molecule has 3 nitrogen and oxygen atoms in total. The zero-order valence-electron chi connectivity index (χ0n) is 9.62. The number of aldehydes is 1. The highest BCUT2D eigenvalue weighted by molar-refractivity contribution is 5.76. The third kappa shape index (κ3) is 3.09. The molecule has 0 aliphatic heterocycles. The van der Waals surface area contributed by atoms with Gasteiger partial charge in [-0.25, -0.2) is 0 Å². The molecule has 0 saturated carbocycles. The third-order valence-electron chi connectivity index (χ3n) is 2.30. The minimum atomic E-state index is 0.504. The maximum atomic E-state index is 10.6. The molecule has 0 heterocycles. The normalized spacial score (nSPS) is 9.56. The standard InChI is InChI=1S/C13H15NO2/c1-10-7-12(9-15)8-11(2)13(10)16-6-4-3-5-14/h7-9H,3-4,6H2,1-2H3. The molecule has 16 heavy (non-hydrogen) atoms. The first kappa shape index (κ1) is 12.3. The van der Waals surface area contributed by atoms with Crippen molar-refractivity contribution in [3.63, 3.8) is 0 Å². The number of ether oxygens (including phenoxy) is 1. The average molecular weight is 217 g/mol. The van der Waals surface area contributed by atoms with Crippen LogP contribution in [-0.2, 0) is 0 Å². The third-order valence-corrected chi connectivity index (χ3v) is 2.30. The molecular formula is C13H15NO2. The Bertz CT molecular complexity index is 395. The Labute approximate surface area is 95.7 Å². The van der Waals surface area contributed by atoms with Crippen LogP contribution >= 0.6 is 0 Å². The summed E-state index contributed by atoms with van der Waals surface area (Å²) in [5.74, 6) is 0.823. The summed E-state index contributed by atoms with van der Waals surface area (Å²) in [5.41, 5.74) is 2.58. The maximum Gasteiger partial charge on any atom is 0.150 e. The van der Waals surface area contributed by atoms with E-state index in [4.69, 9.17) is 10.00 Å². The lowest BCUT2D eigenvalue weighted by atomic mass is 10.1. The van der Waals surface area contributed by atoms with Crippen molar-refractivity contribution in [2.75, 3.05) is 6.61 Å². The zero-order chi connectivity index (χ0) is 12.0. The Morgan fingerprint density at radius 3 is 2.50 bits per heavy atom. The fourth-order valence-corrected chi connectivity index (χ4v) is 1.60. The summed E-state index contributed by atoms with van der Waals surface area (Å²) in [4.78, 5) is 10.6. The molecule has 0 unspecified atom stereocenters. The number of carbonyl (C=O) groups is 1. The number of nitrogens with zero attached hydrogens (tertiary/aromatic N) is 1. The Morgan fingerprint density at radius 2 is 2.00 bits per heavy atom. The number of hydrogen-bond donors (Lipinski definition) is 0. The Balaban J connectivity index is 2.73. The van der Waals surface area contributed by atoms with Crippen LogP contribution in [0.5, 0.6) is 5.75 Å². The van der Waals surface area contributed by atoms with E-state index in [1.807, 2.05) is 13.8 Å². The molecule has 0 aliphatic carbocycles. The lowest BCUT2D eigenvalue weighted by Crippen LogP contribution is -2.01. The van der Waals surface area contributed by atoms with Gasteiger partial charge in [-0.3, -0.25) is 4.79 Å². The topological polar surface area (TPSA) is 50.1 Å². The highest BCUT2D eigenvalue weighted by Gasteiger charge is 2.05. The molecule has 0 saturated heterocycles. The second-order valence-electron chi connectivity index (χ2n) is 3.71. The van der Waals surface area contributed by atoms with Gasteiger partial charge in [-0.2, -0.15) is 5.26 Å². The summed E-state index contributed by atoms with van der Waals surface area (Å²) in [6.07, 6.45) is 2.06. The van der Waals surface area contributed by atoms with Crippen molar-refractivity contribution in [3.8, 4) is 11.8 Å². The van der Waals surface area contributed by atoms with Gasteiger partial charge in [0.05, 0.1) is 12.7 Å². The maximum absolute atomic E-state index is 10.6. The van der Waals surface area contributed by atoms with E-state index in [9.17, 15) is 4.79 Å². The van der Waals surface area contributed by atoms with E-state index in [1.54, 1.807) is 12.1 Å². The molecule has 1 aromatic rings. The van der Waals surface area contributed by atoms with Crippen molar-refractivity contribution in [2.45, 2.75) is 26.7 Å². The molecule has 3 heteroatoms. The van der Waals surface area contributed by atoms with Crippen molar-refractivity contribution >= 4 is 6.29 Å². The van der Waals surface area contributed by atoms with Gasteiger partial charge in [-0.05, 0) is 43.5 Å². The molecule has 0 aromatic heterocycles. The van der Waals surface area contributed by atoms with Gasteiger partial charge in [0, 0.05) is 12.0 Å². The monoisotopic (exact) mass is 217 g/mol. The van der Waals surface area contributed by atoms with Crippen LogP contribution < -0.4 is 4.74 Å². The van der Waals surface area contributed by atoms with Crippen LogP contribution in [0, 0.1) is 25.2 Å². The molecule has 0 N–H and O–H groups in total. The van der Waals surface area contributed by atoms with E-state index < -0.39 is 0 Å². The molecule has 0 spiro atoms. The van der Waals surface area contributed by atoms with Crippen LogP contribution in [0.1, 0.15) is 34.3 Å². The molecule has 1 rings (SSSR count). The van der Waals surface area contributed by atoms with Gasteiger partial charge >= 0.3 is 0 Å². The van der Waals surface area contributed by atoms with Gasteiger partial charge in [-0.15, -0.1) is 0 Å². The van der Waals surface area contributed by atoms with Crippen LogP contribution in [0.2, 0.25) is 0 Å². The van der Waals surface area contributed by atoms with Crippen molar-refractivity contribution in [1.29, 1.82) is 5.26 Å². The lowest BCUT2D eigenvalue weighted by Gasteiger charge is -2.12. The molecule has 1 aromatic carbocycles. The number of carbonyl (C=O) groups excluding carboxylic acids is 1. The number of rotatable bonds is 5. The molecule has 0 atom stereocenters. The van der Waals surface area contributed by atoms with Crippen molar-refractivity contribution in [2.24, 2.45) is 0 Å². The quantitative estimate of drug-likeness (QED) is 0.563. The summed E-state index contributed by atoms with van der Waals surface area (Å²) in [7, 11) is 0. The minimum Gasteiger partial charge on any atom is -0.493 e. The Hall–Kier alpha value is -1.82. The van der Waals surface area contributed by atoms with Gasteiger partial charge in [0.25, 0.3) is 0 Å². The van der Waals surface area contributed by atoms with E-state index in [-0.39, 0.29) is 0 Å². The second kappa shape index (κ2) is 5.92. The molecule has 0 radical (unpaired) electrons. The van der Waals surface area contributed by atoms with Crippen LogP contribution in [0.15, 0.2) is 12.1 Å². The summed E-state index contributed by atoms with van der Waals surface area (Å²) in [6.45, 7) is 4.37. The van der Waals surface area contributed by atoms with Gasteiger partial charge < -0.3 is 4.74 Å². The summed E-state index contributed by atoms with van der Waals surface area (Å²) in [6, 6.07) is 5.69. The largest absolute Gasteiger partial charge is 0.493 e. The van der Waals surface area contributed by atoms with Gasteiger partial charge in [0.15, 0.2) is 0 Å². The lowest BCUT2D eigenvalue weighted by molar-refractivity contribution is 0.112. The van der Waals surface area contributed by atoms with Crippen LogP contribution in [0.25, 0.3) is 0 Å². The number of nitriles is 1. The van der Waals surface area contributed by atoms with Gasteiger partial charge in [0.1, 0.15) is 12.0 Å². The van der Waals surface area contributed by atoms with Gasteiger partial charge in [-0.1, -0.05) is 0 Å². The molecule has 84 valence electrons. The molecule has 0 fully saturated rings. The first-order valence-electron chi connectivity index (χ1n) is 5.25. The second-order valence-corrected chi connectivity index (χ2v) is 3.71. The van der Waals surface area contributed by atoms with E-state index in [2.05, 4.69) is 6.07 Å². The van der Waals surface area contributed by atoms with Crippen molar-refractivity contribution in [1.82, 2.24) is 0 Å². The smallest absolute Gasteiger partial charge is 0.150 e. The van der Waals surface area contributed by atoms with E-state index in [0.29, 0.717) is 18.6 Å². The molecule has 0 aliphatic rings. The zero-order valence-corrected chi connectivity index (χ0v) is 9.62. The fourth-order valence-electron chi connectivity index (χ4n) is 1.60. The average Bonchev–Trinajstić information content (AvgIpc) is 2.26. The minimum absolute atomic E-state index is 0.504. The van der Waals surface area contributed by atoms with E-state index in [1.165, 1.54) is 0 Å². The van der Waals surface area contributed by atoms with Crippen molar-refractivity contribution < 1.29 is 9.53 Å². The summed E-state index contributed by atoms with van der Waals surface area (Å²) in [5, 5.41) is 8.40. The predicted molar refractivity (Wildman–Crippen MR) is 61.6 cm³/mol. The first-order valence-corrected chi connectivity index (χ1v) is 5.25. The highest BCUT2D eigenvalue weighted by atomic mass is 16.5. The van der Waals surface area contributed by atoms with E-state index >= 15 is 0 Å². The number of aryl methyl sites for hydroxylation is 2. The number of unbranched alkanes of at least 4 members (excludes halogenated alkanes) is 1. The fraction of sp³-hybridized carbons (Fsp3) is 0.385. The Morgan fingerprint density at radius 1 is 1.38 bits per heavy atom. The number of benzene rings is 1. The Kier molecular flexibility index (Phi) is 4.53. The highest BCUT2D eigenvalue weighted by Crippen LogP contribution is 2.24. The number of hydrogen-bond acceptors (Lipinski definition) is 3. The predicted octanol–water partition coefficient (Wildman–Crippen LogP) is 2.80.